The zero-order chi connectivity index (χ0) is 14.4. The van der Waals surface area contributed by atoms with E-state index in [2.05, 4.69) is 9.97 Å². The third kappa shape index (κ3) is 3.76. The van der Waals surface area contributed by atoms with E-state index in [1.807, 2.05) is 0 Å². The average molecular weight is 293 g/mol. The van der Waals surface area contributed by atoms with Gasteiger partial charge in [-0.25, -0.2) is 9.97 Å². The Bertz CT molecular complexity index is 587. The molecule has 2 rings (SSSR count). The Hall–Kier alpha value is -1.98. The molecule has 0 aliphatic rings. The predicted octanol–water partition coefficient (Wildman–Crippen LogP) is 2.39. The van der Waals surface area contributed by atoms with Gasteiger partial charge in [0.1, 0.15) is 18.1 Å². The standard InChI is InChI=1S/C14H13ClN2O3/c1-19-8-9-20-11-4-2-10(3-5-11)13(18)12-6-7-16-14(15)17-12/h2-7H,8-9H2,1H3. The molecule has 0 amide bonds. The molecule has 0 aliphatic carbocycles. The minimum atomic E-state index is -0.210. The van der Waals surface area contributed by atoms with Crippen molar-refractivity contribution in [2.24, 2.45) is 0 Å². The number of nitrogens with zero attached hydrogens (tertiary/aromatic N) is 2. The van der Waals surface area contributed by atoms with Gasteiger partial charge in [-0.3, -0.25) is 4.79 Å². The van der Waals surface area contributed by atoms with Gasteiger partial charge < -0.3 is 9.47 Å². The van der Waals surface area contributed by atoms with Crippen molar-refractivity contribution in [1.29, 1.82) is 0 Å². The molecular formula is C14H13ClN2O3. The van der Waals surface area contributed by atoms with E-state index in [-0.39, 0.29) is 16.8 Å². The number of methoxy groups -OCH3 is 1. The fourth-order valence-electron chi connectivity index (χ4n) is 1.55. The second-order valence-corrected chi connectivity index (χ2v) is 4.24. The lowest BCUT2D eigenvalue weighted by Crippen LogP contribution is -2.06. The first kappa shape index (κ1) is 14.4. The molecule has 1 aromatic heterocycles. The van der Waals surface area contributed by atoms with Crippen LogP contribution in [0.3, 0.4) is 0 Å². The predicted molar refractivity (Wildman–Crippen MR) is 74.3 cm³/mol. The smallest absolute Gasteiger partial charge is 0.222 e. The van der Waals surface area contributed by atoms with E-state index in [1.165, 1.54) is 12.3 Å². The van der Waals surface area contributed by atoms with Crippen molar-refractivity contribution in [3.8, 4) is 5.75 Å². The quantitative estimate of drug-likeness (QED) is 0.465. The number of aromatic nitrogens is 2. The summed E-state index contributed by atoms with van der Waals surface area (Å²) in [6, 6.07) is 8.34. The lowest BCUT2D eigenvalue weighted by atomic mass is 10.1. The van der Waals surface area contributed by atoms with Crippen LogP contribution in [0, 0.1) is 0 Å². The van der Waals surface area contributed by atoms with E-state index < -0.39 is 0 Å². The molecule has 6 heteroatoms. The number of carbonyl (C=O) groups is 1. The van der Waals surface area contributed by atoms with E-state index in [0.29, 0.717) is 24.5 Å². The Balaban J connectivity index is 2.07. The van der Waals surface area contributed by atoms with Gasteiger partial charge in [0, 0.05) is 18.9 Å². The normalized spacial score (nSPS) is 10.3. The van der Waals surface area contributed by atoms with E-state index in [0.717, 1.165) is 0 Å². The van der Waals surface area contributed by atoms with Gasteiger partial charge in [0.25, 0.3) is 0 Å². The van der Waals surface area contributed by atoms with Gasteiger partial charge in [-0.1, -0.05) is 0 Å². The molecular weight excluding hydrogens is 280 g/mol. The molecule has 0 saturated heterocycles. The fourth-order valence-corrected chi connectivity index (χ4v) is 1.70. The summed E-state index contributed by atoms with van der Waals surface area (Å²) in [6.07, 6.45) is 1.45. The third-order valence-electron chi connectivity index (χ3n) is 2.53. The van der Waals surface area contributed by atoms with Crippen LogP contribution in [0.2, 0.25) is 5.28 Å². The average Bonchev–Trinajstić information content (AvgIpc) is 2.47. The van der Waals surface area contributed by atoms with E-state index in [4.69, 9.17) is 21.1 Å². The molecule has 0 atom stereocenters. The summed E-state index contributed by atoms with van der Waals surface area (Å²) < 4.78 is 10.3. The molecule has 2 aromatic rings. The van der Waals surface area contributed by atoms with Gasteiger partial charge in [-0.15, -0.1) is 0 Å². The zero-order valence-corrected chi connectivity index (χ0v) is 11.6. The summed E-state index contributed by atoms with van der Waals surface area (Å²) in [5, 5.41) is 0.0513. The van der Waals surface area contributed by atoms with E-state index >= 15 is 0 Å². The first-order valence-electron chi connectivity index (χ1n) is 5.96. The number of ketones is 1. The van der Waals surface area contributed by atoms with E-state index in [9.17, 15) is 4.79 Å². The number of rotatable bonds is 6. The Morgan fingerprint density at radius 1 is 1.20 bits per heavy atom. The van der Waals surface area contributed by atoms with Crippen LogP contribution in [0.5, 0.6) is 5.75 Å². The molecule has 0 N–H and O–H groups in total. The number of hydrogen-bond acceptors (Lipinski definition) is 5. The molecule has 5 nitrogen and oxygen atoms in total. The number of benzene rings is 1. The minimum Gasteiger partial charge on any atom is -0.491 e. The van der Waals surface area contributed by atoms with Crippen molar-refractivity contribution in [3.05, 3.63) is 53.1 Å². The maximum atomic E-state index is 12.2. The van der Waals surface area contributed by atoms with Crippen molar-refractivity contribution in [3.63, 3.8) is 0 Å². The van der Waals surface area contributed by atoms with Crippen molar-refractivity contribution in [1.82, 2.24) is 9.97 Å². The van der Waals surface area contributed by atoms with Crippen molar-refractivity contribution in [2.75, 3.05) is 20.3 Å². The number of halogens is 1. The second-order valence-electron chi connectivity index (χ2n) is 3.91. The molecule has 20 heavy (non-hydrogen) atoms. The Labute approximate surface area is 121 Å². The summed E-state index contributed by atoms with van der Waals surface area (Å²) >= 11 is 5.67. The van der Waals surface area contributed by atoms with Crippen molar-refractivity contribution in [2.45, 2.75) is 0 Å². The molecule has 0 aliphatic heterocycles. The Morgan fingerprint density at radius 2 is 1.95 bits per heavy atom. The first-order valence-corrected chi connectivity index (χ1v) is 6.33. The highest BCUT2D eigenvalue weighted by Gasteiger charge is 2.11. The van der Waals surface area contributed by atoms with E-state index in [1.54, 1.807) is 31.4 Å². The molecule has 0 saturated carbocycles. The molecule has 0 bridgehead atoms. The van der Waals surface area contributed by atoms with Crippen LogP contribution in [0.1, 0.15) is 16.1 Å². The maximum absolute atomic E-state index is 12.2. The van der Waals surface area contributed by atoms with Crippen LogP contribution in [0.15, 0.2) is 36.5 Å². The third-order valence-corrected chi connectivity index (χ3v) is 2.71. The summed E-state index contributed by atoms with van der Waals surface area (Å²) in [4.78, 5) is 19.8. The van der Waals surface area contributed by atoms with Gasteiger partial charge in [0.15, 0.2) is 0 Å². The van der Waals surface area contributed by atoms with Crippen LogP contribution < -0.4 is 4.74 Å². The lowest BCUT2D eigenvalue weighted by Gasteiger charge is -2.06. The fraction of sp³-hybridized carbons (Fsp3) is 0.214. The maximum Gasteiger partial charge on any atom is 0.222 e. The molecule has 0 radical (unpaired) electrons. The van der Waals surface area contributed by atoms with Gasteiger partial charge in [0.2, 0.25) is 11.1 Å². The highest BCUT2D eigenvalue weighted by Crippen LogP contribution is 2.15. The minimum absolute atomic E-state index is 0.0513. The summed E-state index contributed by atoms with van der Waals surface area (Å²) in [5.41, 5.74) is 0.775. The summed E-state index contributed by atoms with van der Waals surface area (Å²) in [5.74, 6) is 0.470. The summed E-state index contributed by atoms with van der Waals surface area (Å²) in [7, 11) is 1.61. The SMILES string of the molecule is COCCOc1ccc(C(=O)c2ccnc(Cl)n2)cc1. The Morgan fingerprint density at radius 3 is 2.60 bits per heavy atom. The van der Waals surface area contributed by atoms with Gasteiger partial charge in [-0.2, -0.15) is 0 Å². The monoisotopic (exact) mass is 292 g/mol. The second kappa shape index (κ2) is 6.98. The van der Waals surface area contributed by atoms with Crippen LogP contribution in [0.25, 0.3) is 0 Å². The molecule has 0 fully saturated rings. The highest BCUT2D eigenvalue weighted by atomic mass is 35.5. The molecule has 104 valence electrons. The topological polar surface area (TPSA) is 61.3 Å². The number of ether oxygens (including phenoxy) is 2. The highest BCUT2D eigenvalue weighted by molar-refractivity contribution is 6.28. The van der Waals surface area contributed by atoms with Crippen molar-refractivity contribution >= 4 is 17.4 Å². The van der Waals surface area contributed by atoms with Gasteiger partial charge in [-0.05, 0) is 41.9 Å². The number of carbonyl (C=O) groups excluding carboxylic acids is 1. The molecule has 0 unspecified atom stereocenters. The van der Waals surface area contributed by atoms with Gasteiger partial charge >= 0.3 is 0 Å². The Kier molecular flexibility index (Phi) is 5.03. The van der Waals surface area contributed by atoms with Crippen LogP contribution >= 0.6 is 11.6 Å². The largest absolute Gasteiger partial charge is 0.491 e. The molecule has 0 spiro atoms. The van der Waals surface area contributed by atoms with Crippen LogP contribution in [-0.2, 0) is 4.74 Å². The lowest BCUT2D eigenvalue weighted by molar-refractivity contribution is 0.103. The molecule has 1 heterocycles. The first-order chi connectivity index (χ1) is 9.70. The number of hydrogen-bond donors (Lipinski definition) is 0. The van der Waals surface area contributed by atoms with Crippen LogP contribution in [-0.4, -0.2) is 36.1 Å². The summed E-state index contributed by atoms with van der Waals surface area (Å²) in [6.45, 7) is 0.978. The zero-order valence-electron chi connectivity index (χ0n) is 10.9. The van der Waals surface area contributed by atoms with Crippen molar-refractivity contribution < 1.29 is 14.3 Å². The van der Waals surface area contributed by atoms with Gasteiger partial charge in [0.05, 0.1) is 6.61 Å². The van der Waals surface area contributed by atoms with Crippen LogP contribution in [0.4, 0.5) is 0 Å². The molecule has 1 aromatic carbocycles.